The molecule has 1 aromatic rings. The first-order chi connectivity index (χ1) is 9.72. The molecule has 0 heterocycles. The summed E-state index contributed by atoms with van der Waals surface area (Å²) in [4.78, 5) is 12.7. The van der Waals surface area contributed by atoms with Crippen LogP contribution in [0, 0.1) is 0 Å². The van der Waals surface area contributed by atoms with Gasteiger partial charge < -0.3 is 15.4 Å². The highest BCUT2D eigenvalue weighted by molar-refractivity contribution is 7.99. The highest BCUT2D eigenvalue weighted by Crippen LogP contribution is 2.20. The molecule has 7 heteroatoms. The summed E-state index contributed by atoms with van der Waals surface area (Å²) in [6.45, 7) is 2.90. The zero-order valence-electron chi connectivity index (χ0n) is 12.1. The molecule has 0 radical (unpaired) electrons. The minimum atomic E-state index is 0. The number of hydrogen-bond acceptors (Lipinski definition) is 4. The summed E-state index contributed by atoms with van der Waals surface area (Å²) in [5.74, 6) is 0.852. The van der Waals surface area contributed by atoms with Crippen molar-refractivity contribution in [2.75, 3.05) is 39.1 Å². The fraction of sp³-hybridized carbons (Fsp3) is 0.500. The molecule has 0 aliphatic heterocycles. The van der Waals surface area contributed by atoms with Crippen LogP contribution >= 0.6 is 35.8 Å². The van der Waals surface area contributed by atoms with Crippen LogP contribution in [0.4, 0.5) is 0 Å². The number of ether oxygens (including phenoxy) is 1. The Morgan fingerprint density at radius 2 is 1.95 bits per heavy atom. The van der Waals surface area contributed by atoms with Gasteiger partial charge >= 0.3 is 0 Å². The molecule has 1 rings (SSSR count). The van der Waals surface area contributed by atoms with Crippen LogP contribution in [0.1, 0.15) is 6.42 Å². The van der Waals surface area contributed by atoms with E-state index in [0.29, 0.717) is 19.6 Å². The lowest BCUT2D eigenvalue weighted by atomic mass is 10.4. The lowest BCUT2D eigenvalue weighted by Crippen LogP contribution is -2.33. The molecular weight excluding hydrogens is 331 g/mol. The van der Waals surface area contributed by atoms with Gasteiger partial charge in [0.05, 0.1) is 6.61 Å². The maximum Gasteiger partial charge on any atom is 0.220 e. The summed E-state index contributed by atoms with van der Waals surface area (Å²) < 4.78 is 4.91. The van der Waals surface area contributed by atoms with E-state index in [9.17, 15) is 4.79 Å². The van der Waals surface area contributed by atoms with Crippen LogP contribution in [-0.4, -0.2) is 45.0 Å². The average molecular weight is 353 g/mol. The topological polar surface area (TPSA) is 50.4 Å². The summed E-state index contributed by atoms with van der Waals surface area (Å²) in [7, 11) is 1.67. The van der Waals surface area contributed by atoms with Crippen molar-refractivity contribution in [2.45, 2.75) is 11.3 Å². The Morgan fingerprint density at radius 3 is 2.62 bits per heavy atom. The van der Waals surface area contributed by atoms with Crippen LogP contribution in [0.15, 0.2) is 29.2 Å². The number of thioether (sulfide) groups is 1. The molecule has 0 aliphatic carbocycles. The number of carbonyl (C=O) groups is 1. The molecule has 0 saturated carbocycles. The smallest absolute Gasteiger partial charge is 0.220 e. The van der Waals surface area contributed by atoms with Crippen molar-refractivity contribution in [2.24, 2.45) is 0 Å². The predicted octanol–water partition coefficient (Wildman–Crippen LogP) is 2.60. The van der Waals surface area contributed by atoms with Gasteiger partial charge in [-0.1, -0.05) is 11.6 Å². The first-order valence-electron chi connectivity index (χ1n) is 6.57. The van der Waals surface area contributed by atoms with Gasteiger partial charge in [0.1, 0.15) is 0 Å². The molecule has 2 N–H and O–H groups in total. The van der Waals surface area contributed by atoms with Crippen LogP contribution in [0.3, 0.4) is 0 Å². The molecule has 0 aliphatic rings. The number of amides is 1. The minimum Gasteiger partial charge on any atom is -0.383 e. The first kappa shape index (κ1) is 20.5. The predicted molar refractivity (Wildman–Crippen MR) is 91.8 cm³/mol. The summed E-state index contributed by atoms with van der Waals surface area (Å²) in [6.07, 6.45) is 0.519. The van der Waals surface area contributed by atoms with E-state index in [1.165, 1.54) is 0 Å². The third-order valence-corrected chi connectivity index (χ3v) is 3.78. The van der Waals surface area contributed by atoms with Crippen molar-refractivity contribution in [1.82, 2.24) is 10.6 Å². The standard InChI is InChI=1S/C14H21ClN2O2S.ClH/c1-19-10-9-16-7-8-17-14(18)6-11-20-13-4-2-12(15)3-5-13;/h2-5,16H,6-11H2,1H3,(H,17,18);1H. The van der Waals surface area contributed by atoms with E-state index in [1.54, 1.807) is 18.9 Å². The number of carbonyl (C=O) groups excluding carboxylic acids is 1. The molecule has 1 amide bonds. The molecule has 0 bridgehead atoms. The minimum absolute atomic E-state index is 0. The van der Waals surface area contributed by atoms with Crippen LogP contribution in [0.25, 0.3) is 0 Å². The molecular formula is C14H22Cl2N2O2S. The molecule has 0 unspecified atom stereocenters. The summed E-state index contributed by atoms with van der Waals surface area (Å²) >= 11 is 7.47. The van der Waals surface area contributed by atoms with Crippen molar-refractivity contribution >= 4 is 41.7 Å². The van der Waals surface area contributed by atoms with Crippen LogP contribution in [0.2, 0.25) is 5.02 Å². The number of nitrogens with one attached hydrogen (secondary N) is 2. The van der Waals surface area contributed by atoms with Gasteiger partial charge in [-0.05, 0) is 24.3 Å². The van der Waals surface area contributed by atoms with Gasteiger partial charge in [-0.2, -0.15) is 0 Å². The SMILES string of the molecule is COCCNCCNC(=O)CCSc1ccc(Cl)cc1.Cl. The van der Waals surface area contributed by atoms with Gasteiger partial charge in [0.25, 0.3) is 0 Å². The molecule has 21 heavy (non-hydrogen) atoms. The van der Waals surface area contributed by atoms with E-state index >= 15 is 0 Å². The largest absolute Gasteiger partial charge is 0.383 e. The van der Waals surface area contributed by atoms with Gasteiger partial charge in [0.15, 0.2) is 0 Å². The first-order valence-corrected chi connectivity index (χ1v) is 7.93. The second-order valence-corrected chi connectivity index (χ2v) is 5.75. The maximum absolute atomic E-state index is 11.6. The Kier molecular flexibility index (Phi) is 12.9. The molecule has 0 saturated heterocycles. The van der Waals surface area contributed by atoms with E-state index < -0.39 is 0 Å². The van der Waals surface area contributed by atoms with E-state index in [-0.39, 0.29) is 18.3 Å². The Balaban J connectivity index is 0.00000400. The van der Waals surface area contributed by atoms with Gasteiger partial charge in [0, 0.05) is 48.8 Å². The molecule has 0 spiro atoms. The van der Waals surface area contributed by atoms with Gasteiger partial charge in [-0.3, -0.25) is 4.79 Å². The molecule has 0 atom stereocenters. The number of methoxy groups -OCH3 is 1. The van der Waals surface area contributed by atoms with Gasteiger partial charge in [-0.15, -0.1) is 24.2 Å². The van der Waals surface area contributed by atoms with Crippen molar-refractivity contribution in [3.63, 3.8) is 0 Å². The molecule has 0 aromatic heterocycles. The fourth-order valence-corrected chi connectivity index (χ4v) is 2.45. The third-order valence-electron chi connectivity index (χ3n) is 2.52. The highest BCUT2D eigenvalue weighted by Gasteiger charge is 2.01. The fourth-order valence-electron chi connectivity index (χ4n) is 1.47. The highest BCUT2D eigenvalue weighted by atomic mass is 35.5. The van der Waals surface area contributed by atoms with Crippen molar-refractivity contribution in [3.8, 4) is 0 Å². The van der Waals surface area contributed by atoms with Crippen molar-refractivity contribution in [1.29, 1.82) is 0 Å². The molecule has 0 fully saturated rings. The van der Waals surface area contributed by atoms with Crippen LogP contribution < -0.4 is 10.6 Å². The Morgan fingerprint density at radius 1 is 1.24 bits per heavy atom. The Hall–Kier alpha value is -0.460. The quantitative estimate of drug-likeness (QED) is 0.502. The normalized spacial score (nSPS) is 10.0. The zero-order valence-corrected chi connectivity index (χ0v) is 14.5. The lowest BCUT2D eigenvalue weighted by Gasteiger charge is -2.06. The number of halogens is 2. The summed E-state index contributed by atoms with van der Waals surface area (Å²) in [5.41, 5.74) is 0. The summed E-state index contributed by atoms with van der Waals surface area (Å²) in [6, 6.07) is 7.64. The van der Waals surface area contributed by atoms with Crippen molar-refractivity contribution < 1.29 is 9.53 Å². The van der Waals surface area contributed by atoms with Crippen molar-refractivity contribution in [3.05, 3.63) is 29.3 Å². The van der Waals surface area contributed by atoms with E-state index in [4.69, 9.17) is 16.3 Å². The zero-order chi connectivity index (χ0) is 14.6. The second kappa shape index (κ2) is 13.2. The Bertz CT molecular complexity index is 391. The van der Waals surface area contributed by atoms with E-state index in [0.717, 1.165) is 28.8 Å². The number of rotatable bonds is 10. The number of hydrogen-bond donors (Lipinski definition) is 2. The monoisotopic (exact) mass is 352 g/mol. The molecule has 120 valence electrons. The lowest BCUT2D eigenvalue weighted by molar-refractivity contribution is -0.120. The third kappa shape index (κ3) is 10.8. The van der Waals surface area contributed by atoms with E-state index in [1.807, 2.05) is 24.3 Å². The van der Waals surface area contributed by atoms with Gasteiger partial charge in [0.2, 0.25) is 5.91 Å². The molecule has 4 nitrogen and oxygen atoms in total. The summed E-state index contributed by atoms with van der Waals surface area (Å²) in [5, 5.41) is 6.78. The average Bonchev–Trinajstić information content (AvgIpc) is 2.45. The maximum atomic E-state index is 11.6. The van der Waals surface area contributed by atoms with Crippen LogP contribution in [0.5, 0.6) is 0 Å². The van der Waals surface area contributed by atoms with Gasteiger partial charge in [-0.25, -0.2) is 0 Å². The number of benzene rings is 1. The van der Waals surface area contributed by atoms with E-state index in [2.05, 4.69) is 10.6 Å². The second-order valence-electron chi connectivity index (χ2n) is 4.15. The Labute approximate surface area is 141 Å². The van der Waals surface area contributed by atoms with Crippen LogP contribution in [-0.2, 0) is 9.53 Å². The molecule has 1 aromatic carbocycles.